The summed E-state index contributed by atoms with van der Waals surface area (Å²) in [5.41, 5.74) is 4.79. The van der Waals surface area contributed by atoms with Gasteiger partial charge in [0.15, 0.2) is 0 Å². The standard InChI is InChI=1S/C23H19F2N3S/c24-16-9-15(10-17(25)11-16)14-28-7-8-29-23-6-5-18(12-22(23)28)27-21-13-26-20-4-2-1-3-19(20)21/h1-6,9-13,26-27H,7-8,14H2. The molecule has 0 atom stereocenters. The summed E-state index contributed by atoms with van der Waals surface area (Å²) in [6.45, 7) is 1.30. The van der Waals surface area contributed by atoms with Crippen molar-refractivity contribution in [2.75, 3.05) is 22.5 Å². The third kappa shape index (κ3) is 3.68. The van der Waals surface area contributed by atoms with Gasteiger partial charge in [-0.3, -0.25) is 0 Å². The van der Waals surface area contributed by atoms with E-state index in [1.807, 2.05) is 24.4 Å². The zero-order valence-corrected chi connectivity index (χ0v) is 16.4. The van der Waals surface area contributed by atoms with E-state index in [1.165, 1.54) is 17.0 Å². The Morgan fingerprint density at radius 2 is 1.83 bits per heavy atom. The van der Waals surface area contributed by atoms with E-state index in [9.17, 15) is 8.78 Å². The van der Waals surface area contributed by atoms with Gasteiger partial charge in [-0.2, -0.15) is 0 Å². The van der Waals surface area contributed by atoms with Crippen LogP contribution in [0, 0.1) is 11.6 Å². The molecule has 2 N–H and O–H groups in total. The highest BCUT2D eigenvalue weighted by Gasteiger charge is 2.19. The van der Waals surface area contributed by atoms with Crippen LogP contribution in [-0.2, 0) is 6.54 Å². The molecule has 29 heavy (non-hydrogen) atoms. The summed E-state index contributed by atoms with van der Waals surface area (Å²) in [5.74, 6) is -0.136. The fourth-order valence-electron chi connectivity index (χ4n) is 3.77. The van der Waals surface area contributed by atoms with Crippen LogP contribution in [0.4, 0.5) is 25.8 Å². The van der Waals surface area contributed by atoms with Crippen LogP contribution in [0.3, 0.4) is 0 Å². The maximum Gasteiger partial charge on any atom is 0.126 e. The SMILES string of the molecule is Fc1cc(F)cc(CN2CCSc3ccc(Nc4c[nH]c5ccccc45)cc32)c1. The van der Waals surface area contributed by atoms with E-state index < -0.39 is 11.6 Å². The summed E-state index contributed by atoms with van der Waals surface area (Å²) in [5, 5.41) is 4.62. The van der Waals surface area contributed by atoms with Crippen LogP contribution < -0.4 is 10.2 Å². The van der Waals surface area contributed by atoms with Crippen LogP contribution in [0.2, 0.25) is 0 Å². The molecule has 0 radical (unpaired) electrons. The van der Waals surface area contributed by atoms with E-state index in [-0.39, 0.29) is 0 Å². The topological polar surface area (TPSA) is 31.1 Å². The quantitative estimate of drug-likeness (QED) is 0.416. The molecule has 146 valence electrons. The number of aromatic nitrogens is 1. The van der Waals surface area contributed by atoms with Gasteiger partial charge in [0.2, 0.25) is 0 Å². The number of anilines is 3. The van der Waals surface area contributed by atoms with Crippen molar-refractivity contribution in [3.05, 3.63) is 84.1 Å². The van der Waals surface area contributed by atoms with E-state index in [2.05, 4.69) is 39.5 Å². The summed E-state index contributed by atoms with van der Waals surface area (Å²) in [4.78, 5) is 6.63. The normalized spacial score (nSPS) is 13.5. The maximum absolute atomic E-state index is 13.6. The Bertz CT molecular complexity index is 1170. The molecule has 0 aliphatic carbocycles. The van der Waals surface area contributed by atoms with Crippen LogP contribution in [0.5, 0.6) is 0 Å². The van der Waals surface area contributed by atoms with Gasteiger partial charge in [-0.1, -0.05) is 18.2 Å². The first-order valence-electron chi connectivity index (χ1n) is 9.46. The predicted octanol–water partition coefficient (Wildman–Crippen LogP) is 6.30. The second-order valence-electron chi connectivity index (χ2n) is 7.10. The van der Waals surface area contributed by atoms with Gasteiger partial charge in [0, 0.05) is 52.6 Å². The number of thioether (sulfide) groups is 1. The zero-order valence-electron chi connectivity index (χ0n) is 15.6. The molecule has 0 saturated carbocycles. The number of para-hydroxylation sites is 1. The molecule has 1 aliphatic rings. The molecular formula is C23H19F2N3S. The molecule has 2 heterocycles. The van der Waals surface area contributed by atoms with Crippen LogP contribution >= 0.6 is 11.8 Å². The van der Waals surface area contributed by atoms with E-state index in [0.717, 1.165) is 46.3 Å². The minimum Gasteiger partial charge on any atom is -0.365 e. The van der Waals surface area contributed by atoms with Gasteiger partial charge in [-0.05, 0) is 42.0 Å². The van der Waals surface area contributed by atoms with Crippen molar-refractivity contribution >= 4 is 39.7 Å². The Balaban J connectivity index is 1.44. The summed E-state index contributed by atoms with van der Waals surface area (Å²) in [7, 11) is 0. The fraction of sp³-hybridized carbons (Fsp3) is 0.130. The molecule has 0 bridgehead atoms. The second-order valence-corrected chi connectivity index (χ2v) is 8.24. The van der Waals surface area contributed by atoms with E-state index >= 15 is 0 Å². The summed E-state index contributed by atoms with van der Waals surface area (Å²) < 4.78 is 27.2. The number of hydrogen-bond acceptors (Lipinski definition) is 3. The highest BCUT2D eigenvalue weighted by Crippen LogP contribution is 2.38. The van der Waals surface area contributed by atoms with Crippen LogP contribution in [0.1, 0.15) is 5.56 Å². The Kier molecular flexibility index (Phi) is 4.64. The number of aromatic amines is 1. The van der Waals surface area contributed by atoms with Crippen LogP contribution in [0.25, 0.3) is 10.9 Å². The zero-order chi connectivity index (χ0) is 19.8. The van der Waals surface area contributed by atoms with Gasteiger partial charge < -0.3 is 15.2 Å². The largest absolute Gasteiger partial charge is 0.365 e. The predicted molar refractivity (Wildman–Crippen MR) is 116 cm³/mol. The van der Waals surface area contributed by atoms with Crippen LogP contribution in [0.15, 0.2) is 71.8 Å². The first-order valence-corrected chi connectivity index (χ1v) is 10.4. The molecule has 5 rings (SSSR count). The third-order valence-corrected chi connectivity index (χ3v) is 6.13. The number of benzene rings is 3. The molecule has 1 aromatic heterocycles. The van der Waals surface area contributed by atoms with Gasteiger partial charge in [0.1, 0.15) is 11.6 Å². The van der Waals surface area contributed by atoms with Gasteiger partial charge in [-0.25, -0.2) is 8.78 Å². The molecule has 0 unspecified atom stereocenters. The molecule has 6 heteroatoms. The summed E-state index contributed by atoms with van der Waals surface area (Å²) in [6, 6.07) is 18.1. The highest BCUT2D eigenvalue weighted by atomic mass is 32.2. The molecular weight excluding hydrogens is 388 g/mol. The maximum atomic E-state index is 13.6. The molecule has 3 aromatic carbocycles. The molecule has 0 amide bonds. The lowest BCUT2D eigenvalue weighted by molar-refractivity contribution is 0.578. The monoisotopic (exact) mass is 407 g/mol. The van der Waals surface area contributed by atoms with Gasteiger partial charge in [0.05, 0.1) is 11.4 Å². The van der Waals surface area contributed by atoms with Crippen molar-refractivity contribution in [2.24, 2.45) is 0 Å². The van der Waals surface area contributed by atoms with Crippen molar-refractivity contribution in [1.29, 1.82) is 0 Å². The van der Waals surface area contributed by atoms with Crippen molar-refractivity contribution in [3.8, 4) is 0 Å². The number of nitrogens with zero attached hydrogens (tertiary/aromatic N) is 1. The van der Waals surface area contributed by atoms with E-state index in [4.69, 9.17) is 0 Å². The average molecular weight is 407 g/mol. The molecule has 0 saturated heterocycles. The Hall–Kier alpha value is -2.99. The Morgan fingerprint density at radius 3 is 2.69 bits per heavy atom. The number of halogens is 2. The van der Waals surface area contributed by atoms with Crippen molar-refractivity contribution in [1.82, 2.24) is 4.98 Å². The second kappa shape index (κ2) is 7.44. The lowest BCUT2D eigenvalue weighted by atomic mass is 10.1. The lowest BCUT2D eigenvalue weighted by Crippen LogP contribution is -2.28. The van der Waals surface area contributed by atoms with Crippen molar-refractivity contribution < 1.29 is 8.78 Å². The Morgan fingerprint density at radius 1 is 1.00 bits per heavy atom. The summed E-state index contributed by atoms with van der Waals surface area (Å²) >= 11 is 1.80. The van der Waals surface area contributed by atoms with Gasteiger partial charge >= 0.3 is 0 Å². The molecule has 4 aromatic rings. The average Bonchev–Trinajstić information content (AvgIpc) is 3.11. The van der Waals surface area contributed by atoms with Gasteiger partial charge in [0.25, 0.3) is 0 Å². The number of hydrogen-bond donors (Lipinski definition) is 2. The fourth-order valence-corrected chi connectivity index (χ4v) is 4.80. The lowest BCUT2D eigenvalue weighted by Gasteiger charge is -2.31. The number of rotatable bonds is 4. The number of fused-ring (bicyclic) bond motifs is 2. The smallest absolute Gasteiger partial charge is 0.126 e. The molecule has 0 fully saturated rings. The molecule has 3 nitrogen and oxygen atoms in total. The van der Waals surface area contributed by atoms with Crippen molar-refractivity contribution in [3.63, 3.8) is 0 Å². The first kappa shape index (κ1) is 18.1. The van der Waals surface area contributed by atoms with E-state index in [0.29, 0.717) is 12.1 Å². The number of H-pyrrole nitrogens is 1. The van der Waals surface area contributed by atoms with Crippen LogP contribution in [-0.4, -0.2) is 17.3 Å². The van der Waals surface area contributed by atoms with Crippen molar-refractivity contribution in [2.45, 2.75) is 11.4 Å². The minimum atomic E-state index is -0.540. The summed E-state index contributed by atoms with van der Waals surface area (Å²) in [6.07, 6.45) is 1.96. The first-order chi connectivity index (χ1) is 14.2. The molecule has 0 spiro atoms. The molecule has 1 aliphatic heterocycles. The third-order valence-electron chi connectivity index (χ3n) is 5.08. The Labute approximate surface area is 171 Å². The minimum absolute atomic E-state index is 0.471. The number of nitrogens with one attached hydrogen (secondary N) is 2. The highest BCUT2D eigenvalue weighted by molar-refractivity contribution is 7.99. The van der Waals surface area contributed by atoms with Gasteiger partial charge in [-0.15, -0.1) is 11.8 Å². The van der Waals surface area contributed by atoms with E-state index in [1.54, 1.807) is 11.8 Å².